The standard InChI is InChI=1S/C11H13BrN4O2S/c1-7-3-8(12)4-10(13)11(7)15-19(17,18)9-5-14-16(2)6-9/h3-6,15H,13H2,1-2H3. The maximum absolute atomic E-state index is 12.2. The molecule has 0 saturated carbocycles. The molecule has 3 N–H and O–H groups in total. The lowest BCUT2D eigenvalue weighted by Gasteiger charge is -2.12. The number of nitrogens with one attached hydrogen (secondary N) is 1. The first-order valence-corrected chi connectivity index (χ1v) is 7.64. The fourth-order valence-electron chi connectivity index (χ4n) is 1.64. The predicted octanol–water partition coefficient (Wildman–Crippen LogP) is 1.87. The van der Waals surface area contributed by atoms with Gasteiger partial charge in [-0.15, -0.1) is 0 Å². The molecule has 1 aromatic carbocycles. The van der Waals surface area contributed by atoms with Crippen molar-refractivity contribution in [1.29, 1.82) is 0 Å². The molecule has 0 spiro atoms. The van der Waals surface area contributed by atoms with Crippen LogP contribution in [0, 0.1) is 6.92 Å². The molecule has 0 atom stereocenters. The number of benzene rings is 1. The van der Waals surface area contributed by atoms with E-state index in [1.807, 2.05) is 0 Å². The molecular weight excluding hydrogens is 332 g/mol. The monoisotopic (exact) mass is 344 g/mol. The number of nitrogens with zero attached hydrogens (tertiary/aromatic N) is 2. The summed E-state index contributed by atoms with van der Waals surface area (Å²) in [6.45, 7) is 1.78. The Hall–Kier alpha value is -1.54. The van der Waals surface area contributed by atoms with E-state index in [1.165, 1.54) is 17.1 Å². The molecule has 2 rings (SSSR count). The van der Waals surface area contributed by atoms with Crippen LogP contribution in [-0.4, -0.2) is 18.2 Å². The van der Waals surface area contributed by atoms with Crippen LogP contribution in [0.1, 0.15) is 5.56 Å². The Bertz CT molecular complexity index is 701. The first-order valence-electron chi connectivity index (χ1n) is 5.36. The van der Waals surface area contributed by atoms with Gasteiger partial charge in [0, 0.05) is 17.7 Å². The van der Waals surface area contributed by atoms with Crippen molar-refractivity contribution in [3.63, 3.8) is 0 Å². The van der Waals surface area contributed by atoms with E-state index < -0.39 is 10.0 Å². The van der Waals surface area contributed by atoms with E-state index in [0.717, 1.165) is 10.0 Å². The van der Waals surface area contributed by atoms with E-state index in [-0.39, 0.29) is 4.90 Å². The predicted molar refractivity (Wildman–Crippen MR) is 77.3 cm³/mol. The molecule has 102 valence electrons. The summed E-state index contributed by atoms with van der Waals surface area (Å²) >= 11 is 3.30. The van der Waals surface area contributed by atoms with Crippen LogP contribution in [0.2, 0.25) is 0 Å². The van der Waals surface area contributed by atoms with Gasteiger partial charge in [0.05, 0.1) is 17.6 Å². The van der Waals surface area contributed by atoms with Crippen molar-refractivity contribution in [2.24, 2.45) is 7.05 Å². The van der Waals surface area contributed by atoms with Crippen LogP contribution in [0.3, 0.4) is 0 Å². The second-order valence-electron chi connectivity index (χ2n) is 4.14. The SMILES string of the molecule is Cc1cc(Br)cc(N)c1NS(=O)(=O)c1cnn(C)c1. The highest BCUT2D eigenvalue weighted by molar-refractivity contribution is 9.10. The maximum Gasteiger partial charge on any atom is 0.265 e. The maximum atomic E-state index is 12.2. The van der Waals surface area contributed by atoms with Crippen LogP contribution in [0.15, 0.2) is 33.9 Å². The lowest BCUT2D eigenvalue weighted by molar-refractivity contribution is 0.601. The molecule has 8 heteroatoms. The molecule has 0 aliphatic heterocycles. The normalized spacial score (nSPS) is 11.5. The van der Waals surface area contributed by atoms with Crippen molar-refractivity contribution in [2.45, 2.75) is 11.8 Å². The molecular formula is C11H13BrN4O2S. The number of halogens is 1. The zero-order chi connectivity index (χ0) is 14.2. The van der Waals surface area contributed by atoms with Crippen LogP contribution < -0.4 is 10.5 Å². The zero-order valence-corrected chi connectivity index (χ0v) is 12.8. The highest BCUT2D eigenvalue weighted by Crippen LogP contribution is 2.29. The average molecular weight is 345 g/mol. The Morgan fingerprint density at radius 3 is 2.63 bits per heavy atom. The fourth-order valence-corrected chi connectivity index (χ4v) is 3.37. The molecule has 6 nitrogen and oxygen atoms in total. The molecule has 0 saturated heterocycles. The first-order chi connectivity index (χ1) is 8.79. The molecule has 2 aromatic rings. The van der Waals surface area contributed by atoms with Crippen LogP contribution in [-0.2, 0) is 17.1 Å². The number of nitrogen functional groups attached to an aromatic ring is 1. The Morgan fingerprint density at radius 1 is 1.42 bits per heavy atom. The second kappa shape index (κ2) is 4.86. The Morgan fingerprint density at radius 2 is 2.11 bits per heavy atom. The van der Waals surface area contributed by atoms with Gasteiger partial charge in [0.1, 0.15) is 4.90 Å². The fraction of sp³-hybridized carbons (Fsp3) is 0.182. The summed E-state index contributed by atoms with van der Waals surface area (Å²) in [5.74, 6) is 0. The van der Waals surface area contributed by atoms with Gasteiger partial charge in [0.15, 0.2) is 0 Å². The number of sulfonamides is 1. The molecule has 0 amide bonds. The van der Waals surface area contributed by atoms with E-state index in [2.05, 4.69) is 25.8 Å². The van der Waals surface area contributed by atoms with Gasteiger partial charge in [0.25, 0.3) is 10.0 Å². The Labute approximate surface area is 119 Å². The van der Waals surface area contributed by atoms with Crippen molar-refractivity contribution < 1.29 is 8.42 Å². The smallest absolute Gasteiger partial charge is 0.265 e. The Kier molecular flexibility index (Phi) is 3.55. The molecule has 0 unspecified atom stereocenters. The third-order valence-electron chi connectivity index (χ3n) is 2.56. The number of hydrogen-bond acceptors (Lipinski definition) is 4. The Balaban J connectivity index is 2.41. The number of hydrogen-bond donors (Lipinski definition) is 2. The minimum atomic E-state index is -3.68. The molecule has 0 aliphatic rings. The van der Waals surface area contributed by atoms with E-state index >= 15 is 0 Å². The summed E-state index contributed by atoms with van der Waals surface area (Å²) in [7, 11) is -2.03. The third-order valence-corrected chi connectivity index (χ3v) is 4.32. The number of rotatable bonds is 3. The minimum Gasteiger partial charge on any atom is -0.397 e. The molecule has 0 bridgehead atoms. The van der Waals surface area contributed by atoms with Crippen LogP contribution in [0.5, 0.6) is 0 Å². The van der Waals surface area contributed by atoms with Gasteiger partial charge in [-0.2, -0.15) is 5.10 Å². The quantitative estimate of drug-likeness (QED) is 0.831. The lowest BCUT2D eigenvalue weighted by atomic mass is 10.2. The topological polar surface area (TPSA) is 90.0 Å². The summed E-state index contributed by atoms with van der Waals surface area (Å²) in [6.07, 6.45) is 2.71. The summed E-state index contributed by atoms with van der Waals surface area (Å²) in [5, 5.41) is 3.84. The largest absolute Gasteiger partial charge is 0.397 e. The van der Waals surface area contributed by atoms with E-state index in [4.69, 9.17) is 5.73 Å². The molecule has 1 aromatic heterocycles. The van der Waals surface area contributed by atoms with Crippen molar-refractivity contribution in [3.8, 4) is 0 Å². The highest BCUT2D eigenvalue weighted by atomic mass is 79.9. The van der Waals surface area contributed by atoms with E-state index in [9.17, 15) is 8.42 Å². The van der Waals surface area contributed by atoms with Crippen molar-refractivity contribution in [1.82, 2.24) is 9.78 Å². The summed E-state index contributed by atoms with van der Waals surface area (Å²) in [6, 6.07) is 3.44. The third kappa shape index (κ3) is 2.90. The van der Waals surface area contributed by atoms with Crippen molar-refractivity contribution in [3.05, 3.63) is 34.6 Å². The van der Waals surface area contributed by atoms with Gasteiger partial charge < -0.3 is 5.73 Å². The molecule has 19 heavy (non-hydrogen) atoms. The van der Waals surface area contributed by atoms with Gasteiger partial charge in [-0.25, -0.2) is 8.42 Å². The first kappa shape index (κ1) is 13.9. The molecule has 0 fully saturated rings. The lowest BCUT2D eigenvalue weighted by Crippen LogP contribution is -2.14. The zero-order valence-electron chi connectivity index (χ0n) is 10.4. The number of aromatic nitrogens is 2. The number of nitrogens with two attached hydrogens (primary N) is 1. The second-order valence-corrected chi connectivity index (χ2v) is 6.74. The van der Waals surface area contributed by atoms with Gasteiger partial charge >= 0.3 is 0 Å². The van der Waals surface area contributed by atoms with Gasteiger partial charge in [-0.05, 0) is 24.6 Å². The summed E-state index contributed by atoms with van der Waals surface area (Å²) in [4.78, 5) is 0.0942. The highest BCUT2D eigenvalue weighted by Gasteiger charge is 2.18. The van der Waals surface area contributed by atoms with Gasteiger partial charge in [-0.1, -0.05) is 15.9 Å². The summed E-state index contributed by atoms with van der Waals surface area (Å²) < 4.78 is 29.1. The van der Waals surface area contributed by atoms with Crippen LogP contribution in [0.25, 0.3) is 0 Å². The van der Waals surface area contributed by atoms with E-state index in [0.29, 0.717) is 11.4 Å². The van der Waals surface area contributed by atoms with E-state index in [1.54, 1.807) is 26.1 Å². The number of anilines is 2. The minimum absolute atomic E-state index is 0.0942. The molecule has 0 aliphatic carbocycles. The average Bonchev–Trinajstić information content (AvgIpc) is 2.71. The number of aryl methyl sites for hydroxylation is 2. The summed E-state index contributed by atoms with van der Waals surface area (Å²) in [5.41, 5.74) is 7.31. The van der Waals surface area contributed by atoms with Crippen molar-refractivity contribution in [2.75, 3.05) is 10.5 Å². The van der Waals surface area contributed by atoms with Crippen LogP contribution >= 0.6 is 15.9 Å². The van der Waals surface area contributed by atoms with Gasteiger partial charge in [-0.3, -0.25) is 9.40 Å². The van der Waals surface area contributed by atoms with Crippen LogP contribution in [0.4, 0.5) is 11.4 Å². The van der Waals surface area contributed by atoms with Crippen molar-refractivity contribution >= 4 is 37.3 Å². The molecule has 0 radical (unpaired) electrons. The van der Waals surface area contributed by atoms with Gasteiger partial charge in [0.2, 0.25) is 0 Å². The molecule has 1 heterocycles.